The van der Waals surface area contributed by atoms with Crippen LogP contribution in [0.4, 0.5) is 5.69 Å². The number of aromatic hydroxyl groups is 1. The standard InChI is InChI=1S/C23H19ClN2O5/c1-12-8-15(25-22(28)13-4-6-19(29-2)20(9-13)30-3)11-16(21(12)27)23-26-17-10-14(24)5-7-18(17)31-23/h4-11,27H,1-3H3,(H,25,28). The number of carbonyl (C=O) groups is 1. The van der Waals surface area contributed by atoms with Crippen LogP contribution >= 0.6 is 11.6 Å². The second-order valence-corrected chi connectivity index (χ2v) is 7.28. The van der Waals surface area contributed by atoms with Crippen molar-refractivity contribution in [2.24, 2.45) is 0 Å². The van der Waals surface area contributed by atoms with Crippen molar-refractivity contribution in [1.29, 1.82) is 0 Å². The van der Waals surface area contributed by atoms with Gasteiger partial charge in [0, 0.05) is 16.3 Å². The zero-order valence-electron chi connectivity index (χ0n) is 17.0. The van der Waals surface area contributed by atoms with Crippen molar-refractivity contribution < 1.29 is 23.8 Å². The van der Waals surface area contributed by atoms with Gasteiger partial charge >= 0.3 is 0 Å². The molecule has 0 atom stereocenters. The van der Waals surface area contributed by atoms with Gasteiger partial charge in [0.25, 0.3) is 5.91 Å². The molecule has 1 amide bonds. The maximum atomic E-state index is 12.8. The molecule has 0 saturated carbocycles. The number of benzene rings is 3. The molecule has 4 rings (SSSR count). The van der Waals surface area contributed by atoms with Gasteiger partial charge in [-0.1, -0.05) is 11.6 Å². The summed E-state index contributed by atoms with van der Waals surface area (Å²) in [6.07, 6.45) is 0. The van der Waals surface area contributed by atoms with Crippen LogP contribution in [0.25, 0.3) is 22.6 Å². The minimum Gasteiger partial charge on any atom is -0.507 e. The molecule has 0 unspecified atom stereocenters. The van der Waals surface area contributed by atoms with Crippen molar-refractivity contribution in [3.8, 4) is 28.7 Å². The second kappa shape index (κ2) is 8.20. The fourth-order valence-electron chi connectivity index (χ4n) is 3.21. The summed E-state index contributed by atoms with van der Waals surface area (Å²) in [5.74, 6) is 0.865. The molecule has 2 N–H and O–H groups in total. The van der Waals surface area contributed by atoms with Gasteiger partial charge in [0.05, 0.1) is 19.8 Å². The SMILES string of the molecule is COc1ccc(C(=O)Nc2cc(C)c(O)c(-c3nc4cc(Cl)ccc4o3)c2)cc1OC. The summed E-state index contributed by atoms with van der Waals surface area (Å²) in [6, 6.07) is 13.2. The molecule has 0 saturated heterocycles. The number of phenolic OH excluding ortho intramolecular Hbond substituents is 1. The van der Waals surface area contributed by atoms with E-state index in [0.717, 1.165) is 0 Å². The number of phenols is 1. The Bertz CT molecular complexity index is 1300. The predicted octanol–water partition coefficient (Wildman–Crippen LogP) is 5.43. The van der Waals surface area contributed by atoms with Crippen LogP contribution in [0.5, 0.6) is 17.2 Å². The molecule has 31 heavy (non-hydrogen) atoms. The van der Waals surface area contributed by atoms with Gasteiger partial charge in [-0.05, 0) is 61.0 Å². The van der Waals surface area contributed by atoms with Crippen molar-refractivity contribution in [3.63, 3.8) is 0 Å². The molecule has 8 heteroatoms. The van der Waals surface area contributed by atoms with Crippen LogP contribution in [0.2, 0.25) is 5.02 Å². The Hall–Kier alpha value is -3.71. The fraction of sp³-hybridized carbons (Fsp3) is 0.130. The van der Waals surface area contributed by atoms with Crippen molar-refractivity contribution in [2.75, 3.05) is 19.5 Å². The molecule has 0 bridgehead atoms. The van der Waals surface area contributed by atoms with E-state index in [0.29, 0.717) is 50.0 Å². The lowest BCUT2D eigenvalue weighted by Crippen LogP contribution is -2.12. The number of fused-ring (bicyclic) bond motifs is 1. The monoisotopic (exact) mass is 438 g/mol. The highest BCUT2D eigenvalue weighted by Gasteiger charge is 2.17. The smallest absolute Gasteiger partial charge is 0.255 e. The van der Waals surface area contributed by atoms with Crippen LogP contribution in [0.15, 0.2) is 52.9 Å². The summed E-state index contributed by atoms with van der Waals surface area (Å²) >= 11 is 6.02. The second-order valence-electron chi connectivity index (χ2n) is 6.84. The van der Waals surface area contributed by atoms with E-state index in [1.54, 1.807) is 55.5 Å². The number of ether oxygens (including phenoxy) is 2. The third-order valence-corrected chi connectivity index (χ3v) is 5.02. The summed E-state index contributed by atoms with van der Waals surface area (Å²) in [5, 5.41) is 13.9. The lowest BCUT2D eigenvalue weighted by Gasteiger charge is -2.12. The number of nitrogens with zero attached hydrogens (tertiary/aromatic N) is 1. The van der Waals surface area contributed by atoms with E-state index in [9.17, 15) is 9.90 Å². The number of carbonyl (C=O) groups excluding carboxylic acids is 1. The number of aromatic nitrogens is 1. The van der Waals surface area contributed by atoms with E-state index in [1.165, 1.54) is 14.2 Å². The molecule has 1 heterocycles. The van der Waals surface area contributed by atoms with Crippen LogP contribution in [0.3, 0.4) is 0 Å². The Morgan fingerprint density at radius 2 is 1.84 bits per heavy atom. The minimum absolute atomic E-state index is 0.0155. The maximum absolute atomic E-state index is 12.8. The Morgan fingerprint density at radius 1 is 1.06 bits per heavy atom. The van der Waals surface area contributed by atoms with Crippen molar-refractivity contribution in [1.82, 2.24) is 4.98 Å². The molecule has 4 aromatic rings. The summed E-state index contributed by atoms with van der Waals surface area (Å²) in [4.78, 5) is 17.2. The average Bonchev–Trinajstić information content (AvgIpc) is 3.18. The third-order valence-electron chi connectivity index (χ3n) is 4.78. The molecular weight excluding hydrogens is 420 g/mol. The fourth-order valence-corrected chi connectivity index (χ4v) is 3.38. The Balaban J connectivity index is 1.68. The van der Waals surface area contributed by atoms with Crippen molar-refractivity contribution in [2.45, 2.75) is 6.92 Å². The molecular formula is C23H19ClN2O5. The summed E-state index contributed by atoms with van der Waals surface area (Å²) < 4.78 is 16.2. The molecule has 3 aromatic carbocycles. The van der Waals surface area contributed by atoms with E-state index in [-0.39, 0.29) is 17.5 Å². The van der Waals surface area contributed by atoms with Gasteiger partial charge in [0.15, 0.2) is 17.1 Å². The highest BCUT2D eigenvalue weighted by Crippen LogP contribution is 2.36. The van der Waals surface area contributed by atoms with Gasteiger partial charge in [-0.25, -0.2) is 4.98 Å². The number of nitrogens with one attached hydrogen (secondary N) is 1. The summed E-state index contributed by atoms with van der Waals surface area (Å²) in [7, 11) is 3.03. The molecule has 1 aromatic heterocycles. The van der Waals surface area contributed by atoms with Crippen LogP contribution in [-0.4, -0.2) is 30.2 Å². The van der Waals surface area contributed by atoms with Gasteiger partial charge in [-0.15, -0.1) is 0 Å². The highest BCUT2D eigenvalue weighted by atomic mass is 35.5. The normalized spacial score (nSPS) is 10.8. The largest absolute Gasteiger partial charge is 0.507 e. The summed E-state index contributed by atoms with van der Waals surface area (Å²) in [5.41, 5.74) is 2.89. The number of aryl methyl sites for hydroxylation is 1. The topological polar surface area (TPSA) is 93.8 Å². The molecule has 0 aliphatic rings. The summed E-state index contributed by atoms with van der Waals surface area (Å²) in [6.45, 7) is 1.73. The zero-order chi connectivity index (χ0) is 22.1. The molecule has 0 spiro atoms. The lowest BCUT2D eigenvalue weighted by molar-refractivity contribution is 0.102. The Morgan fingerprint density at radius 3 is 2.58 bits per heavy atom. The Labute approximate surface area is 183 Å². The maximum Gasteiger partial charge on any atom is 0.255 e. The van der Waals surface area contributed by atoms with Crippen LogP contribution in [0.1, 0.15) is 15.9 Å². The first kappa shape index (κ1) is 20.6. The van der Waals surface area contributed by atoms with Gasteiger partial charge in [0.1, 0.15) is 11.3 Å². The molecule has 0 aliphatic heterocycles. The van der Waals surface area contributed by atoms with E-state index < -0.39 is 0 Å². The molecule has 0 fully saturated rings. The van der Waals surface area contributed by atoms with E-state index in [1.807, 2.05) is 0 Å². The van der Waals surface area contributed by atoms with Crippen LogP contribution in [0, 0.1) is 6.92 Å². The molecule has 0 radical (unpaired) electrons. The van der Waals surface area contributed by atoms with Crippen molar-refractivity contribution in [3.05, 3.63) is 64.7 Å². The first-order valence-corrected chi connectivity index (χ1v) is 9.71. The number of hydrogen-bond acceptors (Lipinski definition) is 6. The molecule has 0 aliphatic carbocycles. The number of oxazole rings is 1. The number of amides is 1. The first-order valence-electron chi connectivity index (χ1n) is 9.33. The Kier molecular flexibility index (Phi) is 5.44. The molecule has 7 nitrogen and oxygen atoms in total. The number of anilines is 1. The lowest BCUT2D eigenvalue weighted by atomic mass is 10.1. The third kappa shape index (κ3) is 4.00. The minimum atomic E-state index is -0.346. The number of rotatable bonds is 5. The van der Waals surface area contributed by atoms with Crippen molar-refractivity contribution >= 4 is 34.3 Å². The van der Waals surface area contributed by atoms with Gasteiger partial charge in [-0.2, -0.15) is 0 Å². The number of methoxy groups -OCH3 is 2. The van der Waals surface area contributed by atoms with Crippen LogP contribution < -0.4 is 14.8 Å². The highest BCUT2D eigenvalue weighted by molar-refractivity contribution is 6.31. The molecule has 158 valence electrons. The van der Waals surface area contributed by atoms with E-state index >= 15 is 0 Å². The first-order chi connectivity index (χ1) is 14.9. The number of hydrogen-bond donors (Lipinski definition) is 2. The van der Waals surface area contributed by atoms with Gasteiger partial charge in [-0.3, -0.25) is 4.79 Å². The quantitative estimate of drug-likeness (QED) is 0.403. The van der Waals surface area contributed by atoms with Crippen LogP contribution in [-0.2, 0) is 0 Å². The number of halogens is 1. The average molecular weight is 439 g/mol. The van der Waals surface area contributed by atoms with E-state index in [2.05, 4.69) is 10.3 Å². The van der Waals surface area contributed by atoms with Gasteiger partial charge in [0.2, 0.25) is 5.89 Å². The zero-order valence-corrected chi connectivity index (χ0v) is 17.8. The predicted molar refractivity (Wildman–Crippen MR) is 118 cm³/mol. The van der Waals surface area contributed by atoms with Gasteiger partial charge < -0.3 is 24.3 Å². The van der Waals surface area contributed by atoms with E-state index in [4.69, 9.17) is 25.5 Å².